The average molecular weight is 819 g/mol. The molecule has 0 aromatic heterocycles. The highest BCUT2D eigenvalue weighted by atomic mass is 79.9. The first kappa shape index (κ1) is 38.3. The van der Waals surface area contributed by atoms with Gasteiger partial charge in [-0.1, -0.05) is 62.2 Å². The molecule has 266 valence electrons. The van der Waals surface area contributed by atoms with Crippen LogP contribution in [0.15, 0.2) is 75.7 Å². The molecule has 1 saturated heterocycles. The van der Waals surface area contributed by atoms with Crippen molar-refractivity contribution in [2.45, 2.75) is 39.6 Å². The van der Waals surface area contributed by atoms with Crippen LogP contribution in [0.25, 0.3) is 0 Å². The molecule has 1 aliphatic heterocycles. The van der Waals surface area contributed by atoms with Crippen molar-refractivity contribution in [3.8, 4) is 11.5 Å². The van der Waals surface area contributed by atoms with Gasteiger partial charge in [0.15, 0.2) is 6.61 Å². The molecular formula is C35H37Br2N3O10. The van der Waals surface area contributed by atoms with Gasteiger partial charge in [0.25, 0.3) is 0 Å². The van der Waals surface area contributed by atoms with Crippen LogP contribution in [0.1, 0.15) is 30.5 Å². The van der Waals surface area contributed by atoms with E-state index in [1.54, 1.807) is 50.2 Å². The minimum atomic E-state index is -1.77. The van der Waals surface area contributed by atoms with Crippen LogP contribution >= 0.6 is 31.9 Å². The molecular weight excluding hydrogens is 782 g/mol. The van der Waals surface area contributed by atoms with Gasteiger partial charge in [0.2, 0.25) is 5.91 Å². The average Bonchev–Trinajstić information content (AvgIpc) is 3.35. The maximum Gasteiger partial charge on any atom is 0.389 e. The zero-order valence-electron chi connectivity index (χ0n) is 27.5. The number of amides is 3. The van der Waals surface area contributed by atoms with E-state index in [9.17, 15) is 24.0 Å². The molecule has 0 saturated carbocycles. The summed E-state index contributed by atoms with van der Waals surface area (Å²) in [4.78, 5) is 66.1. The van der Waals surface area contributed by atoms with E-state index in [2.05, 4.69) is 37.2 Å². The van der Waals surface area contributed by atoms with Gasteiger partial charge in [-0.3, -0.25) is 14.5 Å². The van der Waals surface area contributed by atoms with Crippen LogP contribution in [0.4, 0.5) is 4.79 Å². The van der Waals surface area contributed by atoms with Gasteiger partial charge in [-0.05, 0) is 62.2 Å². The summed E-state index contributed by atoms with van der Waals surface area (Å²) in [5.41, 5.74) is 2.10. The van der Waals surface area contributed by atoms with E-state index < -0.39 is 36.8 Å². The molecule has 0 radical (unpaired) electrons. The fourth-order valence-corrected chi connectivity index (χ4v) is 5.71. The number of carbonyl (C=O) groups is 5. The second-order valence-corrected chi connectivity index (χ2v) is 12.6. The zero-order valence-corrected chi connectivity index (χ0v) is 30.7. The van der Waals surface area contributed by atoms with Crippen molar-refractivity contribution in [1.82, 2.24) is 15.1 Å². The number of hydrogen-bond acceptors (Lipinski definition) is 11. The van der Waals surface area contributed by atoms with Gasteiger partial charge in [0, 0.05) is 33.2 Å². The van der Waals surface area contributed by atoms with Crippen LogP contribution in [0.5, 0.6) is 11.5 Å². The van der Waals surface area contributed by atoms with Crippen molar-refractivity contribution in [3.05, 3.63) is 92.4 Å². The smallest absolute Gasteiger partial charge is 0.389 e. The van der Waals surface area contributed by atoms with E-state index in [1.165, 1.54) is 9.80 Å². The number of halogens is 2. The lowest BCUT2D eigenvalue weighted by atomic mass is 10.1. The Morgan fingerprint density at radius 3 is 2.24 bits per heavy atom. The molecule has 3 amide bonds. The fourth-order valence-electron chi connectivity index (χ4n) is 4.89. The van der Waals surface area contributed by atoms with Crippen LogP contribution in [0.3, 0.4) is 0 Å². The van der Waals surface area contributed by atoms with Crippen molar-refractivity contribution in [2.24, 2.45) is 0 Å². The molecule has 0 bridgehead atoms. The minimum Gasteiger partial charge on any atom is -0.482 e. The van der Waals surface area contributed by atoms with Crippen molar-refractivity contribution in [1.29, 1.82) is 0 Å². The van der Waals surface area contributed by atoms with Gasteiger partial charge in [-0.15, -0.1) is 0 Å². The Morgan fingerprint density at radius 2 is 1.54 bits per heavy atom. The highest BCUT2D eigenvalue weighted by molar-refractivity contribution is 9.10. The van der Waals surface area contributed by atoms with Crippen molar-refractivity contribution >= 4 is 61.7 Å². The van der Waals surface area contributed by atoms with Gasteiger partial charge in [0.1, 0.15) is 18.0 Å². The number of imide groups is 1. The molecule has 4 rings (SSSR count). The Hall–Kier alpha value is -4.47. The van der Waals surface area contributed by atoms with Crippen molar-refractivity contribution in [3.63, 3.8) is 0 Å². The lowest BCUT2D eigenvalue weighted by Gasteiger charge is -2.21. The largest absolute Gasteiger partial charge is 0.482 e. The van der Waals surface area contributed by atoms with Crippen LogP contribution < -0.4 is 14.8 Å². The van der Waals surface area contributed by atoms with E-state index in [0.29, 0.717) is 26.5 Å². The van der Waals surface area contributed by atoms with Crippen molar-refractivity contribution in [2.75, 3.05) is 39.5 Å². The summed E-state index contributed by atoms with van der Waals surface area (Å²) in [5.74, 6) is -2.14. The van der Waals surface area contributed by atoms with Gasteiger partial charge in [-0.25, -0.2) is 14.4 Å². The van der Waals surface area contributed by atoms with E-state index in [-0.39, 0.29) is 63.3 Å². The van der Waals surface area contributed by atoms with Crippen LogP contribution in [0.2, 0.25) is 0 Å². The Balaban J connectivity index is 1.39. The first-order valence-corrected chi connectivity index (χ1v) is 17.4. The first-order valence-electron chi connectivity index (χ1n) is 15.8. The number of hydrogen-bond donors (Lipinski definition) is 1. The summed E-state index contributed by atoms with van der Waals surface area (Å²) in [5, 5.41) is 2.95. The molecule has 1 heterocycles. The fraction of sp³-hybridized carbons (Fsp3) is 0.343. The third-order valence-electron chi connectivity index (χ3n) is 7.19. The van der Waals surface area contributed by atoms with Gasteiger partial charge < -0.3 is 33.9 Å². The zero-order chi connectivity index (χ0) is 36.0. The molecule has 1 fully saturated rings. The molecule has 13 nitrogen and oxygen atoms in total. The molecule has 1 atom stereocenters. The molecule has 0 aliphatic carbocycles. The van der Waals surface area contributed by atoms with E-state index in [1.807, 2.05) is 30.3 Å². The number of nitrogens with zero attached hydrogens (tertiary/aromatic N) is 2. The molecule has 50 heavy (non-hydrogen) atoms. The molecule has 3 aromatic rings. The van der Waals surface area contributed by atoms with Gasteiger partial charge >= 0.3 is 30.2 Å². The summed E-state index contributed by atoms with van der Waals surface area (Å²) >= 11 is 6.82. The van der Waals surface area contributed by atoms with Crippen LogP contribution in [-0.2, 0) is 52.9 Å². The third-order valence-corrected chi connectivity index (χ3v) is 8.18. The van der Waals surface area contributed by atoms with E-state index in [0.717, 1.165) is 5.56 Å². The summed E-state index contributed by atoms with van der Waals surface area (Å²) in [6.07, 6.45) is -1.23. The third kappa shape index (κ3) is 11.3. The minimum absolute atomic E-state index is 0.00466. The normalized spacial score (nSPS) is 13.2. The molecule has 3 aromatic carbocycles. The lowest BCUT2D eigenvalue weighted by molar-refractivity contribution is -0.187. The Morgan fingerprint density at radius 1 is 0.860 bits per heavy atom. The van der Waals surface area contributed by atoms with Gasteiger partial charge in [-0.2, -0.15) is 0 Å². The number of urea groups is 1. The second kappa shape index (κ2) is 19.1. The van der Waals surface area contributed by atoms with Crippen LogP contribution in [-0.4, -0.2) is 85.4 Å². The maximum absolute atomic E-state index is 13.2. The molecule has 1 N–H and O–H groups in total. The second-order valence-electron chi connectivity index (χ2n) is 10.8. The summed E-state index contributed by atoms with van der Waals surface area (Å²) < 4.78 is 28.4. The Bertz CT molecular complexity index is 1670. The predicted octanol–water partition coefficient (Wildman–Crippen LogP) is 4.76. The number of ether oxygens (including phenoxy) is 5. The van der Waals surface area contributed by atoms with E-state index >= 15 is 0 Å². The standard InChI is InChI=1S/C35H37Br2N3O10/c1-3-46-31(42)19-38-18-24-16-26(36)11-13-29(24)49-34(33(44)47-4-2)50-32(43)22-48-28-12-10-27(37)17-25(28)20-39-21-30(41)40(35(39)45)15-14-23-8-6-5-7-9-23/h5-13,16-17,34,38H,3-4,14-15,18-22H2,1-2H3. The SMILES string of the molecule is CCOC(=O)CNCc1cc(Br)ccc1OC(OC(=O)COc1ccc(Br)cc1CN1CC(=O)N(CCc2ccccc2)C1=O)C(=O)OCC. The number of carbonyl (C=O) groups excluding carboxylic acids is 5. The number of rotatable bonds is 18. The molecule has 0 spiro atoms. The number of benzene rings is 3. The monoisotopic (exact) mass is 817 g/mol. The highest BCUT2D eigenvalue weighted by Crippen LogP contribution is 2.28. The first-order chi connectivity index (χ1) is 24.1. The lowest BCUT2D eigenvalue weighted by Crippen LogP contribution is -2.36. The van der Waals surface area contributed by atoms with Crippen molar-refractivity contribution < 1.29 is 47.7 Å². The summed E-state index contributed by atoms with van der Waals surface area (Å²) in [6, 6.07) is 19.2. The topological polar surface area (TPSA) is 150 Å². The Kier molecular flexibility index (Phi) is 14.6. The highest BCUT2D eigenvalue weighted by Gasteiger charge is 2.36. The van der Waals surface area contributed by atoms with Crippen LogP contribution in [0, 0.1) is 0 Å². The predicted molar refractivity (Wildman–Crippen MR) is 187 cm³/mol. The van der Waals surface area contributed by atoms with E-state index in [4.69, 9.17) is 23.7 Å². The van der Waals surface area contributed by atoms with Gasteiger partial charge in [0.05, 0.1) is 26.3 Å². The molecule has 1 aliphatic rings. The summed E-state index contributed by atoms with van der Waals surface area (Å²) in [6.45, 7) is 3.25. The molecule has 15 heteroatoms. The maximum atomic E-state index is 13.2. The summed E-state index contributed by atoms with van der Waals surface area (Å²) in [7, 11) is 0. The Labute approximate surface area is 306 Å². The quantitative estimate of drug-likeness (QED) is 0.0820. The number of nitrogens with one attached hydrogen (secondary N) is 1. The number of esters is 3. The molecule has 1 unspecified atom stereocenters.